The Hall–Kier alpha value is -2.70. The molecule has 1 N–H and O–H groups in total. The molecule has 4 aliphatic rings. The average molecular weight is 505 g/mol. The van der Waals surface area contributed by atoms with Crippen LogP contribution in [0, 0.1) is 5.82 Å². The zero-order chi connectivity index (χ0) is 24.7. The number of amides is 1. The topological polar surface area (TPSA) is 78.8 Å². The van der Waals surface area contributed by atoms with Crippen molar-refractivity contribution >= 4 is 27.8 Å². The highest BCUT2D eigenvalue weighted by molar-refractivity contribution is 6.29. The van der Waals surface area contributed by atoms with Crippen LogP contribution in [-0.4, -0.2) is 88.5 Å². The molecule has 2 fully saturated rings. The molecule has 0 aromatic heterocycles. The Bertz CT molecular complexity index is 1110. The third-order valence-corrected chi connectivity index (χ3v) is 7.51. The molecule has 4 aliphatic heterocycles. The van der Waals surface area contributed by atoms with Crippen molar-refractivity contribution in [3.05, 3.63) is 46.8 Å². The predicted molar refractivity (Wildman–Crippen MR) is 123 cm³/mol. The number of halogens is 3. The molecule has 5 rings (SSSR count). The number of carbonyl (C=O) groups excluding carboxylic acids is 1. The Morgan fingerprint density at radius 3 is 2.71 bits per heavy atom. The van der Waals surface area contributed by atoms with E-state index in [0.717, 1.165) is 6.07 Å². The lowest BCUT2D eigenvalue weighted by Crippen LogP contribution is -2.58. The molecule has 0 bridgehead atoms. The minimum Gasteiger partial charge on any atom is -0.379 e. The van der Waals surface area contributed by atoms with Gasteiger partial charge >= 0.3 is 0 Å². The number of fused-ring (bicyclic) bond motifs is 3. The third-order valence-electron chi connectivity index (χ3n) is 6.72. The number of morpholine rings is 1. The molecule has 35 heavy (non-hydrogen) atoms. The molecule has 12 heteroatoms. The number of hydrogen-bond acceptors (Lipinski definition) is 7. The molecule has 1 amide bonds. The van der Waals surface area contributed by atoms with Gasteiger partial charge in [0.2, 0.25) is 0 Å². The van der Waals surface area contributed by atoms with Crippen molar-refractivity contribution in [1.29, 1.82) is 0 Å². The summed E-state index contributed by atoms with van der Waals surface area (Å²) in [5.74, 6) is -0.538. The third kappa shape index (κ3) is 4.27. The number of aliphatic imine (C=N–C) groups is 1. The van der Waals surface area contributed by atoms with Gasteiger partial charge in [-0.1, -0.05) is 18.2 Å². The van der Waals surface area contributed by atoms with Crippen molar-refractivity contribution in [2.75, 3.05) is 39.5 Å². The molecular weight excluding hydrogens is 479 g/mol. The number of amidine groups is 2. The summed E-state index contributed by atoms with van der Waals surface area (Å²) in [6, 6.07) is 2.65. The summed E-state index contributed by atoms with van der Waals surface area (Å²) >= 11 is 0. The fraction of sp³-hybridized carbons (Fsp3) is 0.522. The van der Waals surface area contributed by atoms with Gasteiger partial charge in [-0.2, -0.15) is 5.10 Å². The average Bonchev–Trinajstić information content (AvgIpc) is 3.16. The second kappa shape index (κ2) is 9.39. The van der Waals surface area contributed by atoms with Crippen LogP contribution >= 0.6 is 0 Å². The van der Waals surface area contributed by atoms with E-state index < -0.39 is 34.9 Å². The number of ether oxygens (including phenoxy) is 2. The van der Waals surface area contributed by atoms with Crippen LogP contribution in [0.3, 0.4) is 0 Å². The number of hydrazone groups is 1. The second-order valence-corrected chi connectivity index (χ2v) is 9.76. The Morgan fingerprint density at radius 2 is 1.97 bits per heavy atom. The summed E-state index contributed by atoms with van der Waals surface area (Å²) in [4.78, 5) is 20.3. The number of nitrogens with zero attached hydrogens (tertiary/aromatic N) is 4. The maximum Gasteiger partial charge on any atom is 0.266 e. The van der Waals surface area contributed by atoms with Crippen LogP contribution in [0.4, 0.5) is 13.2 Å². The van der Waals surface area contributed by atoms with E-state index in [1.54, 1.807) is 18.0 Å². The van der Waals surface area contributed by atoms with Gasteiger partial charge in [-0.15, -0.1) is 0 Å². The molecule has 0 spiro atoms. The smallest absolute Gasteiger partial charge is 0.266 e. The zero-order valence-electron chi connectivity index (χ0n) is 19.1. The second-order valence-electron chi connectivity index (χ2n) is 8.89. The maximum atomic E-state index is 14.7. The van der Waals surface area contributed by atoms with E-state index in [9.17, 15) is 18.0 Å². The van der Waals surface area contributed by atoms with Crippen LogP contribution in [0.15, 0.2) is 39.9 Å². The van der Waals surface area contributed by atoms with Crippen LogP contribution < -0.4 is 5.32 Å². The van der Waals surface area contributed by atoms with Gasteiger partial charge in [0.15, 0.2) is 5.84 Å². The Balaban J connectivity index is 1.46. The highest BCUT2D eigenvalue weighted by Gasteiger charge is 2.52. The summed E-state index contributed by atoms with van der Waals surface area (Å²) in [6.45, 7) is 4.77. The van der Waals surface area contributed by atoms with Gasteiger partial charge in [0, 0.05) is 25.3 Å². The number of hydrogen-bond donors (Lipinski definition) is 1. The monoisotopic (exact) mass is 504 g/mol. The molecular formula is C23H25F3N5O3Si. The van der Waals surface area contributed by atoms with Gasteiger partial charge in [0.1, 0.15) is 11.7 Å². The normalized spacial score (nSPS) is 27.0. The summed E-state index contributed by atoms with van der Waals surface area (Å²) in [6.07, 6.45) is -0.672. The van der Waals surface area contributed by atoms with E-state index in [1.165, 1.54) is 12.1 Å². The summed E-state index contributed by atoms with van der Waals surface area (Å²) < 4.78 is 52.1. The minimum absolute atomic E-state index is 0.0153. The van der Waals surface area contributed by atoms with E-state index in [2.05, 4.69) is 15.6 Å². The van der Waals surface area contributed by atoms with E-state index in [-0.39, 0.29) is 17.2 Å². The van der Waals surface area contributed by atoms with Gasteiger partial charge in [0.25, 0.3) is 12.3 Å². The number of nitrogens with one attached hydrogen (secondary N) is 1. The van der Waals surface area contributed by atoms with Crippen molar-refractivity contribution in [2.45, 2.75) is 37.0 Å². The van der Waals surface area contributed by atoms with Gasteiger partial charge in [-0.3, -0.25) is 9.79 Å². The van der Waals surface area contributed by atoms with Crippen LogP contribution in [0.2, 0.25) is 0 Å². The van der Waals surface area contributed by atoms with E-state index in [0.29, 0.717) is 57.6 Å². The first-order valence-corrected chi connectivity index (χ1v) is 12.0. The zero-order valence-corrected chi connectivity index (χ0v) is 20.1. The van der Waals surface area contributed by atoms with Crippen LogP contribution in [0.1, 0.15) is 36.9 Å². The molecule has 2 saturated heterocycles. The van der Waals surface area contributed by atoms with Crippen LogP contribution in [0.25, 0.3) is 0 Å². The molecule has 1 aromatic carbocycles. The highest BCUT2D eigenvalue weighted by atomic mass is 28.1. The molecule has 3 atom stereocenters. The van der Waals surface area contributed by atoms with Crippen molar-refractivity contribution in [1.82, 2.24) is 15.2 Å². The lowest BCUT2D eigenvalue weighted by Gasteiger charge is -2.42. The largest absolute Gasteiger partial charge is 0.379 e. The van der Waals surface area contributed by atoms with Gasteiger partial charge in [-0.05, 0) is 19.4 Å². The van der Waals surface area contributed by atoms with E-state index >= 15 is 0 Å². The first-order chi connectivity index (χ1) is 16.8. The lowest BCUT2D eigenvalue weighted by atomic mass is 10.0. The minimum atomic E-state index is -2.95. The summed E-state index contributed by atoms with van der Waals surface area (Å²) in [5.41, 5.74) is -0.442. The van der Waals surface area contributed by atoms with E-state index in [4.69, 9.17) is 19.6 Å². The molecule has 1 aromatic rings. The molecule has 0 aliphatic carbocycles. The highest BCUT2D eigenvalue weighted by Crippen LogP contribution is 2.37. The van der Waals surface area contributed by atoms with Crippen molar-refractivity contribution in [2.24, 2.45) is 10.1 Å². The number of carbonyl (C=O) groups is 1. The standard InChI is InChI=1S/C23H25F3N5O3Si/c1-13(14-3-2-4-15(19(14)24)20(25)26)27-22(32)16-11-18(30-6-9-33-10-7-30)29-31-21(16)28-17-12-34-8-5-23(17,31)35/h2-4,11,13,17,20H,5-10,12H2,1H3,(H,27,32)/t13-,17-,23-/m1/s1. The van der Waals surface area contributed by atoms with Crippen molar-refractivity contribution < 1.29 is 27.4 Å². The fourth-order valence-electron chi connectivity index (χ4n) is 4.69. The lowest BCUT2D eigenvalue weighted by molar-refractivity contribution is -0.117. The molecule has 8 nitrogen and oxygen atoms in total. The fourth-order valence-corrected chi connectivity index (χ4v) is 5.10. The van der Waals surface area contributed by atoms with Gasteiger partial charge in [0.05, 0.1) is 58.4 Å². The number of alkyl halides is 2. The number of rotatable bonds is 4. The summed E-state index contributed by atoms with van der Waals surface area (Å²) in [5, 5.41) is 8.69. The maximum absolute atomic E-state index is 14.7. The molecule has 0 saturated carbocycles. The first-order valence-electron chi connectivity index (χ1n) is 11.5. The molecule has 3 radical (unpaired) electrons. The van der Waals surface area contributed by atoms with E-state index in [1.807, 2.05) is 4.90 Å². The molecule has 4 heterocycles. The Labute approximate surface area is 204 Å². The van der Waals surface area contributed by atoms with Crippen LogP contribution in [-0.2, 0) is 14.3 Å². The van der Waals surface area contributed by atoms with Crippen LogP contribution in [0.5, 0.6) is 0 Å². The number of benzene rings is 1. The quantitative estimate of drug-likeness (QED) is 0.634. The predicted octanol–water partition coefficient (Wildman–Crippen LogP) is 1.89. The Kier molecular flexibility index (Phi) is 6.45. The van der Waals surface area contributed by atoms with Gasteiger partial charge < -0.3 is 19.7 Å². The van der Waals surface area contributed by atoms with Gasteiger partial charge in [-0.25, -0.2) is 18.2 Å². The molecule has 185 valence electrons. The SMILES string of the molecule is C[C@@H](NC(=O)C1=CC(N2CCOCC2)=NN2C1=N[C@@H]1COCC[C@@]12[Si])c1cccc(C(F)F)c1F. The summed E-state index contributed by atoms with van der Waals surface area (Å²) in [7, 11) is 3.88. The molecule has 0 unspecified atom stereocenters. The first kappa shape index (κ1) is 24.0. The van der Waals surface area contributed by atoms with Crippen molar-refractivity contribution in [3.8, 4) is 0 Å². The Morgan fingerprint density at radius 1 is 1.23 bits per heavy atom. The van der Waals surface area contributed by atoms with Crippen molar-refractivity contribution in [3.63, 3.8) is 0 Å².